The number of aromatic nitrogens is 5. The first-order valence-corrected chi connectivity index (χ1v) is 7.19. The van der Waals surface area contributed by atoms with Crippen LogP contribution in [-0.2, 0) is 0 Å². The van der Waals surface area contributed by atoms with Gasteiger partial charge in [-0.15, -0.1) is 0 Å². The monoisotopic (exact) mass is 303 g/mol. The van der Waals surface area contributed by atoms with Crippen molar-refractivity contribution in [3.05, 3.63) is 77.2 Å². The molecule has 0 aliphatic rings. The van der Waals surface area contributed by atoms with E-state index in [-0.39, 0.29) is 5.56 Å². The molecule has 6 nitrogen and oxygen atoms in total. The molecule has 0 bridgehead atoms. The largest absolute Gasteiger partial charge is 0.269 e. The number of nitrogens with zero attached hydrogens (tertiary/aromatic N) is 5. The highest BCUT2D eigenvalue weighted by Gasteiger charge is 2.14. The van der Waals surface area contributed by atoms with Gasteiger partial charge in [0.25, 0.3) is 5.56 Å². The number of hydrogen-bond acceptors (Lipinski definition) is 4. The Labute approximate surface area is 131 Å². The fraction of sp³-hybridized carbons (Fsp3) is 0.0588. The molecule has 1 aromatic carbocycles. The maximum absolute atomic E-state index is 12.8. The van der Waals surface area contributed by atoms with Crippen LogP contribution in [0.4, 0.5) is 0 Å². The van der Waals surface area contributed by atoms with E-state index in [2.05, 4.69) is 15.1 Å². The zero-order chi connectivity index (χ0) is 15.8. The summed E-state index contributed by atoms with van der Waals surface area (Å²) in [5.41, 5.74) is 1.96. The van der Waals surface area contributed by atoms with Crippen LogP contribution < -0.4 is 5.56 Å². The number of rotatable bonds is 2. The van der Waals surface area contributed by atoms with E-state index in [0.717, 1.165) is 5.69 Å². The number of aryl methyl sites for hydroxylation is 1. The quantitative estimate of drug-likeness (QED) is 0.570. The topological polar surface area (TPSA) is 65.6 Å². The van der Waals surface area contributed by atoms with Crippen molar-refractivity contribution in [3.63, 3.8) is 0 Å². The molecule has 0 aliphatic carbocycles. The van der Waals surface area contributed by atoms with Gasteiger partial charge >= 0.3 is 0 Å². The summed E-state index contributed by atoms with van der Waals surface area (Å²) in [5, 5.41) is 4.80. The van der Waals surface area contributed by atoms with Gasteiger partial charge < -0.3 is 0 Å². The molecule has 112 valence electrons. The summed E-state index contributed by atoms with van der Waals surface area (Å²) in [5.74, 6) is 0.591. The summed E-state index contributed by atoms with van der Waals surface area (Å²) in [6.07, 6.45) is 4.87. The predicted molar refractivity (Wildman–Crippen MR) is 87.0 cm³/mol. The lowest BCUT2D eigenvalue weighted by atomic mass is 10.3. The molecule has 4 rings (SSSR count). The Balaban J connectivity index is 2.00. The van der Waals surface area contributed by atoms with Crippen molar-refractivity contribution in [3.8, 4) is 11.4 Å². The summed E-state index contributed by atoms with van der Waals surface area (Å²) >= 11 is 0. The fourth-order valence-corrected chi connectivity index (χ4v) is 2.62. The molecular weight excluding hydrogens is 290 g/mol. The number of pyridine rings is 1. The summed E-state index contributed by atoms with van der Waals surface area (Å²) in [7, 11) is 0. The van der Waals surface area contributed by atoms with Gasteiger partial charge in [0.05, 0.1) is 23.8 Å². The summed E-state index contributed by atoms with van der Waals surface area (Å²) in [4.78, 5) is 21.5. The lowest BCUT2D eigenvalue weighted by molar-refractivity contribution is 0.857. The minimum atomic E-state index is -0.150. The lowest BCUT2D eigenvalue weighted by Crippen LogP contribution is -2.22. The van der Waals surface area contributed by atoms with Crippen molar-refractivity contribution < 1.29 is 0 Å². The van der Waals surface area contributed by atoms with Crippen molar-refractivity contribution in [1.29, 1.82) is 0 Å². The first-order chi connectivity index (χ1) is 11.3. The molecule has 23 heavy (non-hydrogen) atoms. The third kappa shape index (κ3) is 2.12. The van der Waals surface area contributed by atoms with Gasteiger partial charge in [0, 0.05) is 6.20 Å². The Morgan fingerprint density at radius 1 is 0.957 bits per heavy atom. The summed E-state index contributed by atoms with van der Waals surface area (Å²) in [6.45, 7) is 1.80. The SMILES string of the molecule is Cc1nc2c(cnn2-c2ccccc2)c(=O)n1-c1cccnc1. The van der Waals surface area contributed by atoms with Gasteiger partial charge in [-0.1, -0.05) is 18.2 Å². The van der Waals surface area contributed by atoms with Crippen molar-refractivity contribution in [2.45, 2.75) is 6.92 Å². The Bertz CT molecular complexity index is 1040. The highest BCUT2D eigenvalue weighted by Crippen LogP contribution is 2.15. The molecule has 0 radical (unpaired) electrons. The van der Waals surface area contributed by atoms with Gasteiger partial charge in [-0.25, -0.2) is 9.67 Å². The first-order valence-electron chi connectivity index (χ1n) is 7.19. The van der Waals surface area contributed by atoms with Crippen molar-refractivity contribution in [1.82, 2.24) is 24.3 Å². The summed E-state index contributed by atoms with van der Waals surface area (Å²) in [6, 6.07) is 13.3. The van der Waals surface area contributed by atoms with Crippen LogP contribution in [-0.4, -0.2) is 24.3 Å². The standard InChI is InChI=1S/C17H13N5O/c1-12-20-16-15(11-19-22(16)13-6-3-2-4-7-13)17(23)21(12)14-8-5-9-18-10-14/h2-11H,1H3. The van der Waals surface area contributed by atoms with E-state index in [1.54, 1.807) is 40.8 Å². The maximum atomic E-state index is 12.8. The van der Waals surface area contributed by atoms with E-state index < -0.39 is 0 Å². The van der Waals surface area contributed by atoms with Crippen LogP contribution in [0.1, 0.15) is 5.82 Å². The normalized spacial score (nSPS) is 11.0. The second kappa shape index (κ2) is 5.17. The van der Waals surface area contributed by atoms with Crippen LogP contribution in [0.15, 0.2) is 65.8 Å². The molecule has 0 aliphatic heterocycles. The van der Waals surface area contributed by atoms with E-state index in [1.165, 1.54) is 0 Å². The number of para-hydroxylation sites is 1. The molecule has 0 spiro atoms. The zero-order valence-corrected chi connectivity index (χ0v) is 12.4. The van der Waals surface area contributed by atoms with Crippen LogP contribution in [0.5, 0.6) is 0 Å². The van der Waals surface area contributed by atoms with Crippen LogP contribution in [0, 0.1) is 6.92 Å². The average Bonchev–Trinajstić information content (AvgIpc) is 3.00. The van der Waals surface area contributed by atoms with Gasteiger partial charge in [-0.2, -0.15) is 5.10 Å². The van der Waals surface area contributed by atoms with E-state index in [0.29, 0.717) is 22.5 Å². The number of benzene rings is 1. The molecule has 4 aromatic rings. The van der Waals surface area contributed by atoms with Gasteiger partial charge in [0.2, 0.25) is 0 Å². The molecule has 0 saturated heterocycles. The Hall–Kier alpha value is -3.28. The molecule has 6 heteroatoms. The minimum Gasteiger partial charge on any atom is -0.268 e. The molecule has 0 amide bonds. The smallest absolute Gasteiger partial charge is 0.268 e. The molecule has 0 unspecified atom stereocenters. The van der Waals surface area contributed by atoms with Crippen LogP contribution >= 0.6 is 0 Å². The van der Waals surface area contributed by atoms with E-state index in [9.17, 15) is 4.79 Å². The fourth-order valence-electron chi connectivity index (χ4n) is 2.62. The molecule has 0 N–H and O–H groups in total. The van der Waals surface area contributed by atoms with Gasteiger partial charge in [-0.3, -0.25) is 14.3 Å². The third-order valence-corrected chi connectivity index (χ3v) is 3.67. The van der Waals surface area contributed by atoms with Gasteiger partial charge in [-0.05, 0) is 31.2 Å². The molecule has 3 heterocycles. The number of hydrogen-bond donors (Lipinski definition) is 0. The average molecular weight is 303 g/mol. The molecule has 0 saturated carbocycles. The Kier molecular flexibility index (Phi) is 3.01. The second-order valence-corrected chi connectivity index (χ2v) is 5.14. The maximum Gasteiger partial charge on any atom is 0.269 e. The molecular formula is C17H13N5O. The summed E-state index contributed by atoms with van der Waals surface area (Å²) < 4.78 is 3.23. The zero-order valence-electron chi connectivity index (χ0n) is 12.4. The highest BCUT2D eigenvalue weighted by molar-refractivity contribution is 5.75. The second-order valence-electron chi connectivity index (χ2n) is 5.14. The first kappa shape index (κ1) is 13.4. The highest BCUT2D eigenvalue weighted by atomic mass is 16.1. The van der Waals surface area contributed by atoms with Gasteiger partial charge in [0.1, 0.15) is 11.2 Å². The predicted octanol–water partition coefficient (Wildman–Crippen LogP) is 2.27. The molecule has 0 atom stereocenters. The lowest BCUT2D eigenvalue weighted by Gasteiger charge is -2.09. The van der Waals surface area contributed by atoms with Crippen molar-refractivity contribution >= 4 is 11.0 Å². The van der Waals surface area contributed by atoms with Crippen molar-refractivity contribution in [2.24, 2.45) is 0 Å². The van der Waals surface area contributed by atoms with Gasteiger partial charge in [0.15, 0.2) is 5.65 Å². The van der Waals surface area contributed by atoms with Crippen LogP contribution in [0.25, 0.3) is 22.4 Å². The molecule has 3 aromatic heterocycles. The third-order valence-electron chi connectivity index (χ3n) is 3.67. The molecule has 0 fully saturated rings. The Morgan fingerprint density at radius 2 is 1.74 bits per heavy atom. The number of fused-ring (bicyclic) bond motifs is 1. The van der Waals surface area contributed by atoms with Crippen molar-refractivity contribution in [2.75, 3.05) is 0 Å². The van der Waals surface area contributed by atoms with Crippen LogP contribution in [0.2, 0.25) is 0 Å². The minimum absolute atomic E-state index is 0.150. The van der Waals surface area contributed by atoms with Crippen LogP contribution in [0.3, 0.4) is 0 Å². The van der Waals surface area contributed by atoms with E-state index in [4.69, 9.17) is 0 Å². The van der Waals surface area contributed by atoms with E-state index in [1.807, 2.05) is 36.4 Å². The van der Waals surface area contributed by atoms with E-state index >= 15 is 0 Å². The Morgan fingerprint density at radius 3 is 2.48 bits per heavy atom.